The monoisotopic (exact) mass is 417 g/mol. The number of carbonyl (C=O) groups excluding carboxylic acids is 1. The van der Waals surface area contributed by atoms with Crippen LogP contribution in [0.3, 0.4) is 0 Å². The van der Waals surface area contributed by atoms with Crippen molar-refractivity contribution in [1.29, 1.82) is 0 Å². The van der Waals surface area contributed by atoms with E-state index in [1.807, 2.05) is 26.0 Å². The number of rotatable bonds is 4. The van der Waals surface area contributed by atoms with Crippen LogP contribution in [0.15, 0.2) is 16.6 Å². The van der Waals surface area contributed by atoms with E-state index in [4.69, 9.17) is 0 Å². The molecule has 1 amide bonds. The Hall–Kier alpha value is -1.45. The molecule has 0 saturated heterocycles. The zero-order valence-electron chi connectivity index (χ0n) is 13.0. The summed E-state index contributed by atoms with van der Waals surface area (Å²) >= 11 is 4.42. The fraction of sp³-hybridized carbons (Fsp3) is 0.286. The zero-order chi connectivity index (χ0) is 17.4. The van der Waals surface area contributed by atoms with Crippen molar-refractivity contribution >= 4 is 54.0 Å². The maximum absolute atomic E-state index is 12.5. The molecule has 0 radical (unpaired) electrons. The number of benzene rings is 1. The van der Waals surface area contributed by atoms with Gasteiger partial charge < -0.3 is 5.32 Å². The molecule has 0 aliphatic carbocycles. The number of nitrogens with one attached hydrogen (secondary N) is 2. The predicted molar refractivity (Wildman–Crippen MR) is 96.9 cm³/mol. The van der Waals surface area contributed by atoms with Crippen molar-refractivity contribution < 1.29 is 13.2 Å². The van der Waals surface area contributed by atoms with Crippen molar-refractivity contribution in [2.45, 2.75) is 20.8 Å². The van der Waals surface area contributed by atoms with E-state index in [0.717, 1.165) is 38.9 Å². The molecular weight excluding hydrogens is 402 g/mol. The first kappa shape index (κ1) is 17.9. The van der Waals surface area contributed by atoms with Gasteiger partial charge in [-0.25, -0.2) is 13.4 Å². The van der Waals surface area contributed by atoms with Crippen LogP contribution in [0, 0.1) is 20.8 Å². The summed E-state index contributed by atoms with van der Waals surface area (Å²) in [6.45, 7) is 5.48. The Labute approximate surface area is 147 Å². The summed E-state index contributed by atoms with van der Waals surface area (Å²) in [7, 11) is -3.42. The predicted octanol–water partition coefficient (Wildman–Crippen LogP) is 3.45. The van der Waals surface area contributed by atoms with Crippen molar-refractivity contribution in [1.82, 2.24) is 4.98 Å². The molecule has 0 aliphatic heterocycles. The number of halogens is 1. The lowest BCUT2D eigenvalue weighted by atomic mass is 10.1. The largest absolute Gasteiger partial charge is 0.321 e. The van der Waals surface area contributed by atoms with Crippen LogP contribution in [0.2, 0.25) is 0 Å². The molecule has 0 atom stereocenters. The fourth-order valence-electron chi connectivity index (χ4n) is 2.09. The third kappa shape index (κ3) is 4.52. The molecule has 0 unspecified atom stereocenters. The minimum atomic E-state index is -3.42. The van der Waals surface area contributed by atoms with Gasteiger partial charge in [0.05, 0.1) is 11.9 Å². The van der Waals surface area contributed by atoms with E-state index in [-0.39, 0.29) is 11.0 Å². The van der Waals surface area contributed by atoms with Gasteiger partial charge in [-0.3, -0.25) is 9.52 Å². The van der Waals surface area contributed by atoms with Gasteiger partial charge in [0.15, 0.2) is 5.13 Å². The van der Waals surface area contributed by atoms with Gasteiger partial charge in [-0.2, -0.15) is 0 Å². The van der Waals surface area contributed by atoms with Crippen LogP contribution in [0.25, 0.3) is 0 Å². The lowest BCUT2D eigenvalue weighted by Crippen LogP contribution is -2.13. The fourth-order valence-corrected chi connectivity index (χ4v) is 4.47. The molecule has 2 rings (SSSR count). The molecular formula is C14H16BrN3O3S2. The third-order valence-electron chi connectivity index (χ3n) is 3.01. The van der Waals surface area contributed by atoms with E-state index in [1.54, 1.807) is 6.92 Å². The van der Waals surface area contributed by atoms with Crippen LogP contribution in [-0.4, -0.2) is 25.6 Å². The first-order valence-electron chi connectivity index (χ1n) is 6.60. The second kappa shape index (κ2) is 6.58. The average Bonchev–Trinajstić information content (AvgIpc) is 2.72. The van der Waals surface area contributed by atoms with Gasteiger partial charge in [0.2, 0.25) is 10.0 Å². The van der Waals surface area contributed by atoms with E-state index < -0.39 is 10.0 Å². The highest BCUT2D eigenvalue weighted by molar-refractivity contribution is 9.10. The SMILES string of the molecule is Cc1cc(Br)cc(C)c1NC(=O)c1sc(NS(C)(=O)=O)nc1C. The van der Waals surface area contributed by atoms with Crippen LogP contribution in [0.4, 0.5) is 10.8 Å². The molecule has 0 saturated carbocycles. The summed E-state index contributed by atoms with van der Waals surface area (Å²) < 4.78 is 25.7. The van der Waals surface area contributed by atoms with Crippen molar-refractivity contribution in [3.05, 3.63) is 38.3 Å². The maximum Gasteiger partial charge on any atom is 0.267 e. The van der Waals surface area contributed by atoms with Crippen molar-refractivity contribution in [3.63, 3.8) is 0 Å². The number of sulfonamides is 1. The molecule has 2 aromatic rings. The topological polar surface area (TPSA) is 88.2 Å². The zero-order valence-corrected chi connectivity index (χ0v) is 16.2. The Balaban J connectivity index is 2.29. The summed E-state index contributed by atoms with van der Waals surface area (Å²) in [6, 6.07) is 3.83. The molecule has 0 spiro atoms. The number of thiazole rings is 1. The molecule has 23 heavy (non-hydrogen) atoms. The van der Waals surface area contributed by atoms with E-state index in [9.17, 15) is 13.2 Å². The molecule has 6 nitrogen and oxygen atoms in total. The summed E-state index contributed by atoms with van der Waals surface area (Å²) in [4.78, 5) is 16.9. The molecule has 9 heteroatoms. The van der Waals surface area contributed by atoms with Gasteiger partial charge in [-0.15, -0.1) is 0 Å². The Bertz CT molecular complexity index is 852. The van der Waals surface area contributed by atoms with Crippen LogP contribution in [0.5, 0.6) is 0 Å². The summed E-state index contributed by atoms with van der Waals surface area (Å²) in [5.74, 6) is -0.310. The van der Waals surface area contributed by atoms with Crippen molar-refractivity contribution in [3.8, 4) is 0 Å². The number of nitrogens with zero attached hydrogens (tertiary/aromatic N) is 1. The van der Waals surface area contributed by atoms with Gasteiger partial charge in [0.25, 0.3) is 5.91 Å². The van der Waals surface area contributed by atoms with Crippen LogP contribution < -0.4 is 10.0 Å². The van der Waals surface area contributed by atoms with Gasteiger partial charge >= 0.3 is 0 Å². The standard InChI is InChI=1S/C14H16BrN3O3S2/c1-7-5-10(15)6-8(2)11(7)17-13(19)12-9(3)16-14(22-12)18-23(4,20)21/h5-6H,1-4H3,(H,16,18)(H,17,19). The lowest BCUT2D eigenvalue weighted by Gasteiger charge is -2.11. The second-order valence-electron chi connectivity index (χ2n) is 5.18. The number of anilines is 2. The molecule has 2 N–H and O–H groups in total. The number of hydrogen-bond donors (Lipinski definition) is 2. The summed E-state index contributed by atoms with van der Waals surface area (Å²) in [6.07, 6.45) is 1.04. The van der Waals surface area contributed by atoms with Crippen molar-refractivity contribution in [2.24, 2.45) is 0 Å². The normalized spacial score (nSPS) is 11.3. The number of aromatic nitrogens is 1. The minimum Gasteiger partial charge on any atom is -0.321 e. The van der Waals surface area contributed by atoms with Crippen LogP contribution in [-0.2, 0) is 10.0 Å². The molecule has 0 aliphatic rings. The summed E-state index contributed by atoms with van der Waals surface area (Å²) in [5.41, 5.74) is 3.08. The number of amides is 1. The second-order valence-corrected chi connectivity index (χ2v) is 8.84. The molecule has 124 valence electrons. The van der Waals surface area contributed by atoms with Crippen LogP contribution >= 0.6 is 27.3 Å². The highest BCUT2D eigenvalue weighted by atomic mass is 79.9. The Kier molecular flexibility index (Phi) is 5.12. The summed E-state index contributed by atoms with van der Waals surface area (Å²) in [5, 5.41) is 3.05. The van der Waals surface area contributed by atoms with Crippen molar-refractivity contribution in [2.75, 3.05) is 16.3 Å². The highest BCUT2D eigenvalue weighted by Gasteiger charge is 2.18. The third-order valence-corrected chi connectivity index (χ3v) is 5.23. The van der Waals surface area contributed by atoms with Gasteiger partial charge in [0.1, 0.15) is 4.88 Å². The number of aryl methyl sites for hydroxylation is 3. The molecule has 1 heterocycles. The van der Waals surface area contributed by atoms with Gasteiger partial charge in [-0.1, -0.05) is 27.3 Å². The molecule has 1 aromatic heterocycles. The van der Waals surface area contributed by atoms with E-state index in [2.05, 4.69) is 31.0 Å². The number of carbonyl (C=O) groups is 1. The molecule has 0 fully saturated rings. The average molecular weight is 418 g/mol. The smallest absolute Gasteiger partial charge is 0.267 e. The Morgan fingerprint density at radius 3 is 2.30 bits per heavy atom. The van der Waals surface area contributed by atoms with Gasteiger partial charge in [0, 0.05) is 10.2 Å². The van der Waals surface area contributed by atoms with E-state index >= 15 is 0 Å². The quantitative estimate of drug-likeness (QED) is 0.796. The Morgan fingerprint density at radius 2 is 1.78 bits per heavy atom. The van der Waals surface area contributed by atoms with E-state index in [0.29, 0.717) is 10.6 Å². The molecule has 1 aromatic carbocycles. The minimum absolute atomic E-state index is 0.180. The van der Waals surface area contributed by atoms with Gasteiger partial charge in [-0.05, 0) is 44.0 Å². The van der Waals surface area contributed by atoms with Crippen LogP contribution in [0.1, 0.15) is 26.5 Å². The maximum atomic E-state index is 12.5. The number of hydrogen-bond acceptors (Lipinski definition) is 5. The lowest BCUT2D eigenvalue weighted by molar-refractivity contribution is 0.102. The highest BCUT2D eigenvalue weighted by Crippen LogP contribution is 2.28. The molecule has 0 bridgehead atoms. The Morgan fingerprint density at radius 1 is 1.22 bits per heavy atom. The van der Waals surface area contributed by atoms with E-state index in [1.165, 1.54) is 0 Å². The first-order chi connectivity index (χ1) is 10.6. The first-order valence-corrected chi connectivity index (χ1v) is 10.1.